The number of aryl methyl sites for hydroxylation is 1. The van der Waals surface area contributed by atoms with Crippen molar-refractivity contribution in [3.63, 3.8) is 0 Å². The molecule has 2 aromatic rings. The number of ketones is 1. The first-order valence-corrected chi connectivity index (χ1v) is 5.15. The van der Waals surface area contributed by atoms with Crippen LogP contribution in [0.4, 0.5) is 5.82 Å². The van der Waals surface area contributed by atoms with Gasteiger partial charge in [0.2, 0.25) is 0 Å². The topological polar surface area (TPSA) is 58.9 Å². The van der Waals surface area contributed by atoms with Crippen LogP contribution in [0.25, 0.3) is 11.1 Å². The summed E-state index contributed by atoms with van der Waals surface area (Å²) in [5.41, 5.74) is 9.19. The van der Waals surface area contributed by atoms with Gasteiger partial charge in [-0.3, -0.25) is 4.79 Å². The molecule has 0 aliphatic rings. The molecule has 0 atom stereocenters. The second-order valence-electron chi connectivity index (χ2n) is 3.84. The van der Waals surface area contributed by atoms with Gasteiger partial charge in [0.15, 0.2) is 5.78 Å². The van der Waals surface area contributed by atoms with Crippen molar-refractivity contribution in [1.29, 1.82) is 0 Å². The monoisotopic (exact) mass is 214 g/mol. The first kappa shape index (κ1) is 10.5. The highest BCUT2D eigenvalue weighted by molar-refractivity contribution is 6.04. The highest BCUT2D eigenvalue weighted by atomic mass is 16.1. The smallest absolute Gasteiger partial charge is 0.162 e. The number of Topliss-reactive ketones (excluding diaryl/α,β-unsaturated/α-hetero) is 1. The molecule has 0 bridgehead atoms. The van der Waals surface area contributed by atoms with Gasteiger partial charge in [-0.2, -0.15) is 0 Å². The maximum Gasteiger partial charge on any atom is 0.162 e. The lowest BCUT2D eigenvalue weighted by Gasteiger charge is -2.03. The molecule has 1 heterocycles. The van der Waals surface area contributed by atoms with Crippen LogP contribution in [-0.2, 0) is 0 Å². The van der Waals surface area contributed by atoms with Gasteiger partial charge in [-0.15, -0.1) is 0 Å². The second kappa shape index (κ2) is 3.85. The van der Waals surface area contributed by atoms with Crippen molar-refractivity contribution in [3.8, 4) is 11.1 Å². The second-order valence-corrected chi connectivity index (χ2v) is 3.84. The van der Waals surface area contributed by atoms with E-state index in [0.29, 0.717) is 11.4 Å². The Morgan fingerprint density at radius 1 is 1.25 bits per heavy atom. The lowest BCUT2D eigenvalue weighted by Crippen LogP contribution is -1.96. The molecule has 0 amide bonds. The molecule has 3 nitrogen and oxygen atoms in total. The standard InChI is InChI=1S/C13H14N2O/c1-8-11(9(2)16)12(13(14)15-8)10-6-4-3-5-7-10/h3-7,15H,14H2,1-2H3. The first-order valence-electron chi connectivity index (χ1n) is 5.15. The zero-order chi connectivity index (χ0) is 11.7. The zero-order valence-corrected chi connectivity index (χ0v) is 9.37. The van der Waals surface area contributed by atoms with Gasteiger partial charge < -0.3 is 10.7 Å². The largest absolute Gasteiger partial charge is 0.385 e. The van der Waals surface area contributed by atoms with E-state index in [2.05, 4.69) is 4.98 Å². The third-order valence-corrected chi connectivity index (χ3v) is 2.63. The van der Waals surface area contributed by atoms with E-state index in [1.807, 2.05) is 37.3 Å². The van der Waals surface area contributed by atoms with Crippen LogP contribution in [0.3, 0.4) is 0 Å². The molecule has 0 radical (unpaired) electrons. The molecule has 0 saturated carbocycles. The Morgan fingerprint density at radius 2 is 1.88 bits per heavy atom. The summed E-state index contributed by atoms with van der Waals surface area (Å²) in [5.74, 6) is 0.582. The number of benzene rings is 1. The van der Waals surface area contributed by atoms with E-state index in [1.165, 1.54) is 0 Å². The lowest BCUT2D eigenvalue weighted by atomic mass is 10.00. The van der Waals surface area contributed by atoms with E-state index < -0.39 is 0 Å². The van der Waals surface area contributed by atoms with Crippen LogP contribution in [0.2, 0.25) is 0 Å². The fourth-order valence-electron chi connectivity index (χ4n) is 1.99. The predicted molar refractivity (Wildman–Crippen MR) is 65.4 cm³/mol. The molecule has 0 fully saturated rings. The maximum absolute atomic E-state index is 11.6. The zero-order valence-electron chi connectivity index (χ0n) is 9.37. The number of carbonyl (C=O) groups excluding carboxylic acids is 1. The molecule has 0 aliphatic heterocycles. The molecular weight excluding hydrogens is 200 g/mol. The van der Waals surface area contributed by atoms with Crippen molar-refractivity contribution in [2.45, 2.75) is 13.8 Å². The fraction of sp³-hybridized carbons (Fsp3) is 0.154. The van der Waals surface area contributed by atoms with Crippen LogP contribution in [0.1, 0.15) is 23.0 Å². The Balaban J connectivity index is 2.69. The third-order valence-electron chi connectivity index (χ3n) is 2.63. The van der Waals surface area contributed by atoms with Gasteiger partial charge in [-0.25, -0.2) is 0 Å². The third kappa shape index (κ3) is 1.60. The van der Waals surface area contributed by atoms with Crippen molar-refractivity contribution >= 4 is 11.6 Å². The summed E-state index contributed by atoms with van der Waals surface area (Å²) >= 11 is 0. The van der Waals surface area contributed by atoms with Gasteiger partial charge in [0.25, 0.3) is 0 Å². The molecule has 0 spiro atoms. The van der Waals surface area contributed by atoms with Crippen molar-refractivity contribution in [2.75, 3.05) is 5.73 Å². The Hall–Kier alpha value is -2.03. The minimum Gasteiger partial charge on any atom is -0.385 e. The molecule has 0 saturated heterocycles. The summed E-state index contributed by atoms with van der Waals surface area (Å²) in [6.07, 6.45) is 0. The SMILES string of the molecule is CC(=O)c1c(C)[nH]c(N)c1-c1ccccc1. The Morgan fingerprint density at radius 3 is 2.44 bits per heavy atom. The minimum absolute atomic E-state index is 0.0318. The summed E-state index contributed by atoms with van der Waals surface area (Å²) < 4.78 is 0. The number of hydrogen-bond acceptors (Lipinski definition) is 2. The number of H-pyrrole nitrogens is 1. The van der Waals surface area contributed by atoms with E-state index in [-0.39, 0.29) is 5.78 Å². The maximum atomic E-state index is 11.6. The molecule has 2 rings (SSSR count). The summed E-state index contributed by atoms with van der Waals surface area (Å²) in [5, 5.41) is 0. The van der Waals surface area contributed by atoms with Crippen LogP contribution in [0.5, 0.6) is 0 Å². The lowest BCUT2D eigenvalue weighted by molar-refractivity contribution is 0.101. The van der Waals surface area contributed by atoms with E-state index in [0.717, 1.165) is 16.8 Å². The van der Waals surface area contributed by atoms with Crippen LogP contribution in [-0.4, -0.2) is 10.8 Å². The fourth-order valence-corrected chi connectivity index (χ4v) is 1.99. The van der Waals surface area contributed by atoms with Gasteiger partial charge in [0, 0.05) is 16.8 Å². The highest BCUT2D eigenvalue weighted by Gasteiger charge is 2.17. The quantitative estimate of drug-likeness (QED) is 0.755. The Labute approximate surface area is 94.3 Å². The Kier molecular flexibility index (Phi) is 2.52. The molecular formula is C13H14N2O. The summed E-state index contributed by atoms with van der Waals surface area (Å²) in [6.45, 7) is 3.42. The van der Waals surface area contributed by atoms with Crippen LogP contribution < -0.4 is 5.73 Å². The number of nitrogen functional groups attached to an aromatic ring is 1. The molecule has 0 unspecified atom stereocenters. The first-order chi connectivity index (χ1) is 7.61. The van der Waals surface area contributed by atoms with E-state index >= 15 is 0 Å². The van der Waals surface area contributed by atoms with E-state index in [4.69, 9.17) is 5.73 Å². The predicted octanol–water partition coefficient (Wildman–Crippen LogP) is 2.77. The van der Waals surface area contributed by atoms with E-state index in [1.54, 1.807) is 6.92 Å². The molecule has 82 valence electrons. The average molecular weight is 214 g/mol. The number of nitrogens with one attached hydrogen (secondary N) is 1. The minimum atomic E-state index is 0.0318. The molecule has 0 aliphatic carbocycles. The number of rotatable bonds is 2. The number of aromatic nitrogens is 1. The molecule has 3 heteroatoms. The summed E-state index contributed by atoms with van der Waals surface area (Å²) in [4.78, 5) is 14.6. The van der Waals surface area contributed by atoms with Gasteiger partial charge in [0.1, 0.15) is 5.82 Å². The molecule has 3 N–H and O–H groups in total. The van der Waals surface area contributed by atoms with Crippen LogP contribution >= 0.6 is 0 Å². The highest BCUT2D eigenvalue weighted by Crippen LogP contribution is 2.31. The normalized spacial score (nSPS) is 10.4. The van der Waals surface area contributed by atoms with Gasteiger partial charge in [-0.05, 0) is 19.4 Å². The molecule has 16 heavy (non-hydrogen) atoms. The van der Waals surface area contributed by atoms with Crippen molar-refractivity contribution in [2.24, 2.45) is 0 Å². The number of aromatic amines is 1. The summed E-state index contributed by atoms with van der Waals surface area (Å²) in [7, 11) is 0. The van der Waals surface area contributed by atoms with Crippen molar-refractivity contribution < 1.29 is 4.79 Å². The van der Waals surface area contributed by atoms with Crippen molar-refractivity contribution in [3.05, 3.63) is 41.6 Å². The van der Waals surface area contributed by atoms with E-state index in [9.17, 15) is 4.79 Å². The van der Waals surface area contributed by atoms with Gasteiger partial charge in [-0.1, -0.05) is 30.3 Å². The number of anilines is 1. The van der Waals surface area contributed by atoms with Gasteiger partial charge >= 0.3 is 0 Å². The Bertz CT molecular complexity index is 526. The average Bonchev–Trinajstić information content (AvgIpc) is 2.55. The van der Waals surface area contributed by atoms with Crippen LogP contribution in [0.15, 0.2) is 30.3 Å². The number of nitrogens with two attached hydrogens (primary N) is 1. The molecule has 1 aromatic carbocycles. The van der Waals surface area contributed by atoms with Gasteiger partial charge in [0.05, 0.1) is 0 Å². The number of hydrogen-bond donors (Lipinski definition) is 2. The van der Waals surface area contributed by atoms with Crippen LogP contribution in [0, 0.1) is 6.92 Å². The molecule has 1 aromatic heterocycles. The van der Waals surface area contributed by atoms with Crippen molar-refractivity contribution in [1.82, 2.24) is 4.98 Å². The summed E-state index contributed by atoms with van der Waals surface area (Å²) in [6, 6.07) is 9.70. The number of carbonyl (C=O) groups is 1.